The topological polar surface area (TPSA) is 114 Å². The van der Waals surface area contributed by atoms with Gasteiger partial charge in [-0.25, -0.2) is 0 Å². The minimum atomic E-state index is -0.552. The number of nitro groups is 1. The highest BCUT2D eigenvalue weighted by Gasteiger charge is 2.13. The molecule has 0 saturated carbocycles. The predicted molar refractivity (Wildman–Crippen MR) is 90.4 cm³/mol. The second-order valence-electron chi connectivity index (χ2n) is 4.79. The second kappa shape index (κ2) is 7.82. The van der Waals surface area contributed by atoms with Crippen molar-refractivity contribution in [2.75, 3.05) is 6.54 Å². The first-order valence-corrected chi connectivity index (χ1v) is 7.25. The van der Waals surface area contributed by atoms with Crippen molar-refractivity contribution in [3.8, 4) is 11.5 Å². The Kier molecular flexibility index (Phi) is 5.56. The number of rotatable bonds is 7. The van der Waals surface area contributed by atoms with Gasteiger partial charge in [-0.2, -0.15) is 0 Å². The molecule has 24 heavy (non-hydrogen) atoms. The summed E-state index contributed by atoms with van der Waals surface area (Å²) in [5.74, 6) is 0.697. The Morgan fingerprint density at radius 2 is 2.25 bits per heavy atom. The zero-order valence-corrected chi connectivity index (χ0v) is 13.3. The van der Waals surface area contributed by atoms with Crippen molar-refractivity contribution in [1.29, 1.82) is 5.41 Å². The molecule has 8 nitrogen and oxygen atoms in total. The molecule has 0 radical (unpaired) electrons. The molecule has 0 aliphatic rings. The van der Waals surface area contributed by atoms with Gasteiger partial charge in [0.2, 0.25) is 0 Å². The molecule has 0 saturated heterocycles. The maximum absolute atomic E-state index is 10.7. The highest BCUT2D eigenvalue weighted by molar-refractivity contribution is 6.07. The van der Waals surface area contributed by atoms with Crippen molar-refractivity contribution in [1.82, 2.24) is 15.3 Å². The van der Waals surface area contributed by atoms with Crippen LogP contribution in [0.3, 0.4) is 0 Å². The molecule has 0 aromatic carbocycles. The van der Waals surface area contributed by atoms with Crippen LogP contribution in [0.2, 0.25) is 0 Å². The van der Waals surface area contributed by atoms with E-state index in [4.69, 9.17) is 10.1 Å². The Morgan fingerprint density at radius 1 is 1.46 bits per heavy atom. The molecule has 0 aliphatic heterocycles. The van der Waals surface area contributed by atoms with Crippen LogP contribution in [0, 0.1) is 22.4 Å². The number of nitrogens with one attached hydrogen (secondary N) is 2. The number of hydrogen-bond acceptors (Lipinski definition) is 7. The molecule has 0 aliphatic carbocycles. The standard InChI is InChI=1S/C16H17N5O3/c1-3-18-10-12(9-17)14-8-13(6-7-19-14)24-15-4-5-16(21(22)23)20-11(15)2/h4-10,17-18H,3H2,1-2H3/b12-10+,17-9?. The lowest BCUT2D eigenvalue weighted by atomic mass is 10.2. The Morgan fingerprint density at radius 3 is 2.88 bits per heavy atom. The summed E-state index contributed by atoms with van der Waals surface area (Å²) < 4.78 is 5.74. The smallest absolute Gasteiger partial charge is 0.363 e. The van der Waals surface area contributed by atoms with Gasteiger partial charge >= 0.3 is 5.82 Å². The first-order valence-electron chi connectivity index (χ1n) is 7.25. The molecule has 0 bridgehead atoms. The van der Waals surface area contributed by atoms with Crippen molar-refractivity contribution >= 4 is 17.6 Å². The lowest BCUT2D eigenvalue weighted by Crippen LogP contribution is -2.05. The Hall–Kier alpha value is -3.29. The van der Waals surface area contributed by atoms with Crippen LogP contribution in [0.25, 0.3) is 5.57 Å². The molecule has 2 rings (SSSR count). The van der Waals surface area contributed by atoms with E-state index < -0.39 is 4.92 Å². The molecule has 0 amide bonds. The highest BCUT2D eigenvalue weighted by atomic mass is 16.6. The SMILES string of the molecule is CCN/C=C(\C=N)c1cc(Oc2ccc([N+](=O)[O-])nc2C)ccn1. The van der Waals surface area contributed by atoms with E-state index in [0.29, 0.717) is 28.5 Å². The Bertz CT molecular complexity index is 789. The van der Waals surface area contributed by atoms with Crippen LogP contribution in [-0.2, 0) is 0 Å². The van der Waals surface area contributed by atoms with Crippen LogP contribution >= 0.6 is 0 Å². The van der Waals surface area contributed by atoms with E-state index in [-0.39, 0.29) is 5.82 Å². The molecular weight excluding hydrogens is 310 g/mol. The van der Waals surface area contributed by atoms with E-state index in [1.165, 1.54) is 18.3 Å². The molecule has 0 atom stereocenters. The third-order valence-electron chi connectivity index (χ3n) is 3.08. The Balaban J connectivity index is 2.26. The summed E-state index contributed by atoms with van der Waals surface area (Å²) in [5.41, 5.74) is 1.61. The maximum Gasteiger partial charge on any atom is 0.363 e. The van der Waals surface area contributed by atoms with Crippen LogP contribution in [0.4, 0.5) is 5.82 Å². The van der Waals surface area contributed by atoms with Crippen molar-refractivity contribution in [3.63, 3.8) is 0 Å². The number of allylic oxidation sites excluding steroid dienone is 1. The van der Waals surface area contributed by atoms with Gasteiger partial charge in [0.05, 0.1) is 5.69 Å². The molecule has 2 heterocycles. The average Bonchev–Trinajstić information content (AvgIpc) is 2.57. The van der Waals surface area contributed by atoms with Crippen LogP contribution in [0.15, 0.2) is 36.7 Å². The molecule has 2 aromatic heterocycles. The summed E-state index contributed by atoms with van der Waals surface area (Å²) in [6.45, 7) is 4.33. The second-order valence-corrected chi connectivity index (χ2v) is 4.79. The summed E-state index contributed by atoms with van der Waals surface area (Å²) in [6.07, 6.45) is 4.48. The molecule has 8 heteroatoms. The minimum Gasteiger partial charge on any atom is -0.453 e. The number of pyridine rings is 2. The van der Waals surface area contributed by atoms with Crippen LogP contribution < -0.4 is 10.1 Å². The molecule has 2 aromatic rings. The fraction of sp³-hybridized carbons (Fsp3) is 0.188. The monoisotopic (exact) mass is 327 g/mol. The molecule has 0 spiro atoms. The lowest BCUT2D eigenvalue weighted by molar-refractivity contribution is -0.389. The fourth-order valence-corrected chi connectivity index (χ4v) is 1.91. The van der Waals surface area contributed by atoms with Crippen LogP contribution in [0.1, 0.15) is 18.3 Å². The van der Waals surface area contributed by atoms with Gasteiger partial charge in [0, 0.05) is 49.8 Å². The number of aryl methyl sites for hydroxylation is 1. The van der Waals surface area contributed by atoms with E-state index in [1.807, 2.05) is 6.92 Å². The lowest BCUT2D eigenvalue weighted by Gasteiger charge is -2.08. The fourth-order valence-electron chi connectivity index (χ4n) is 1.91. The summed E-state index contributed by atoms with van der Waals surface area (Å²) in [7, 11) is 0. The van der Waals surface area contributed by atoms with Crippen molar-refractivity contribution in [2.24, 2.45) is 0 Å². The van der Waals surface area contributed by atoms with Gasteiger partial charge < -0.3 is 25.6 Å². The van der Waals surface area contributed by atoms with Crippen molar-refractivity contribution in [3.05, 3.63) is 58.2 Å². The van der Waals surface area contributed by atoms with Crippen molar-refractivity contribution < 1.29 is 9.66 Å². The van der Waals surface area contributed by atoms with Gasteiger partial charge in [-0.3, -0.25) is 4.98 Å². The summed E-state index contributed by atoms with van der Waals surface area (Å²) in [5, 5.41) is 21.2. The summed E-state index contributed by atoms with van der Waals surface area (Å²) in [4.78, 5) is 18.3. The zero-order valence-electron chi connectivity index (χ0n) is 13.3. The van der Waals surface area contributed by atoms with Gasteiger partial charge in [0.1, 0.15) is 5.75 Å². The highest BCUT2D eigenvalue weighted by Crippen LogP contribution is 2.26. The molecule has 0 unspecified atom stereocenters. The van der Waals surface area contributed by atoms with E-state index in [2.05, 4.69) is 15.3 Å². The van der Waals surface area contributed by atoms with Gasteiger partial charge in [-0.1, -0.05) is 0 Å². The maximum atomic E-state index is 10.7. The average molecular weight is 327 g/mol. The largest absolute Gasteiger partial charge is 0.453 e. The van der Waals surface area contributed by atoms with E-state index in [0.717, 1.165) is 6.54 Å². The van der Waals surface area contributed by atoms with Gasteiger partial charge in [0.15, 0.2) is 11.4 Å². The first kappa shape index (κ1) is 17.1. The quantitative estimate of drug-likeness (QED) is 0.459. The van der Waals surface area contributed by atoms with Crippen LogP contribution in [0.5, 0.6) is 11.5 Å². The number of hydrogen-bond donors (Lipinski definition) is 2. The summed E-state index contributed by atoms with van der Waals surface area (Å²) in [6, 6.07) is 6.15. The molecular formula is C16H17N5O3. The van der Waals surface area contributed by atoms with Crippen molar-refractivity contribution in [2.45, 2.75) is 13.8 Å². The normalized spacial score (nSPS) is 11.0. The molecule has 0 fully saturated rings. The zero-order chi connectivity index (χ0) is 17.5. The molecule has 2 N–H and O–H groups in total. The van der Waals surface area contributed by atoms with Gasteiger partial charge in [-0.15, -0.1) is 0 Å². The van der Waals surface area contributed by atoms with E-state index >= 15 is 0 Å². The summed E-state index contributed by atoms with van der Waals surface area (Å²) >= 11 is 0. The third-order valence-corrected chi connectivity index (χ3v) is 3.08. The van der Waals surface area contributed by atoms with Gasteiger partial charge in [-0.05, 0) is 29.0 Å². The van der Waals surface area contributed by atoms with E-state index in [9.17, 15) is 10.1 Å². The first-order chi connectivity index (χ1) is 11.5. The third kappa shape index (κ3) is 4.13. The van der Waals surface area contributed by atoms with E-state index in [1.54, 1.807) is 31.5 Å². The number of nitrogens with zero attached hydrogens (tertiary/aromatic N) is 3. The predicted octanol–water partition coefficient (Wildman–Crippen LogP) is 3.09. The van der Waals surface area contributed by atoms with Gasteiger partial charge in [0.25, 0.3) is 0 Å². The van der Waals surface area contributed by atoms with Crippen LogP contribution in [-0.4, -0.2) is 27.7 Å². The molecule has 124 valence electrons. The number of aromatic nitrogens is 2. The Labute approximate surface area is 138 Å². The minimum absolute atomic E-state index is 0.227. The number of ether oxygens (including phenoxy) is 1.